The fraction of sp³-hybridized carbons (Fsp3) is 0.391. The van der Waals surface area contributed by atoms with Gasteiger partial charge >= 0.3 is 11.9 Å². The van der Waals surface area contributed by atoms with E-state index in [0.717, 1.165) is 24.0 Å². The zero-order valence-electron chi connectivity index (χ0n) is 16.1. The maximum absolute atomic E-state index is 12.9. The highest BCUT2D eigenvalue weighted by molar-refractivity contribution is 5.99. The van der Waals surface area contributed by atoms with Gasteiger partial charge in [-0.2, -0.15) is 0 Å². The van der Waals surface area contributed by atoms with E-state index in [9.17, 15) is 9.59 Å². The van der Waals surface area contributed by atoms with Gasteiger partial charge in [-0.1, -0.05) is 60.7 Å². The predicted octanol–water partition coefficient (Wildman–Crippen LogP) is 4.05. The molecule has 3 rings (SSSR count). The van der Waals surface area contributed by atoms with Gasteiger partial charge in [0.2, 0.25) is 0 Å². The van der Waals surface area contributed by atoms with Gasteiger partial charge in [-0.3, -0.25) is 9.59 Å². The molecule has 0 radical (unpaired) electrons. The number of hydrogen-bond acceptors (Lipinski definition) is 5. The van der Waals surface area contributed by atoms with Crippen LogP contribution in [0.2, 0.25) is 0 Å². The van der Waals surface area contributed by atoms with Crippen molar-refractivity contribution in [3.8, 4) is 0 Å². The van der Waals surface area contributed by atoms with Crippen molar-refractivity contribution in [3.63, 3.8) is 0 Å². The fourth-order valence-electron chi connectivity index (χ4n) is 3.28. The van der Waals surface area contributed by atoms with Crippen LogP contribution in [0.5, 0.6) is 0 Å². The van der Waals surface area contributed by atoms with Crippen molar-refractivity contribution in [2.24, 2.45) is 5.41 Å². The number of ether oxygens (including phenoxy) is 3. The van der Waals surface area contributed by atoms with Gasteiger partial charge in [-0.05, 0) is 30.9 Å². The van der Waals surface area contributed by atoms with Crippen molar-refractivity contribution in [1.29, 1.82) is 0 Å². The molecule has 0 aromatic heterocycles. The Bertz CT molecular complexity index is 711. The molecule has 1 heterocycles. The van der Waals surface area contributed by atoms with E-state index in [1.54, 1.807) is 6.92 Å². The van der Waals surface area contributed by atoms with Gasteiger partial charge in [-0.15, -0.1) is 0 Å². The van der Waals surface area contributed by atoms with E-state index in [4.69, 9.17) is 14.2 Å². The van der Waals surface area contributed by atoms with Crippen LogP contribution in [-0.4, -0.2) is 24.6 Å². The first kappa shape index (κ1) is 20.1. The maximum atomic E-state index is 12.9. The highest BCUT2D eigenvalue weighted by Crippen LogP contribution is 2.32. The summed E-state index contributed by atoms with van der Waals surface area (Å²) in [6.07, 6.45) is 1.87. The van der Waals surface area contributed by atoms with Crippen molar-refractivity contribution >= 4 is 11.9 Å². The smallest absolute Gasteiger partial charge is 0.323 e. The van der Waals surface area contributed by atoms with Crippen LogP contribution < -0.4 is 0 Å². The molecule has 2 aromatic carbocycles. The number of esters is 2. The molecule has 0 bridgehead atoms. The number of rotatable bonds is 8. The van der Waals surface area contributed by atoms with Gasteiger partial charge < -0.3 is 14.2 Å². The molecule has 0 saturated carbocycles. The van der Waals surface area contributed by atoms with Crippen molar-refractivity contribution in [2.75, 3.05) is 6.61 Å². The Kier molecular flexibility index (Phi) is 6.82. The van der Waals surface area contributed by atoms with Crippen molar-refractivity contribution < 1.29 is 23.8 Å². The zero-order valence-corrected chi connectivity index (χ0v) is 16.1. The Balaban J connectivity index is 1.68. The molecular formula is C23H26O5. The molecule has 28 heavy (non-hydrogen) atoms. The molecule has 1 saturated heterocycles. The van der Waals surface area contributed by atoms with Crippen molar-refractivity contribution in [2.45, 2.75) is 45.5 Å². The van der Waals surface area contributed by atoms with E-state index >= 15 is 0 Å². The Labute approximate surface area is 165 Å². The maximum Gasteiger partial charge on any atom is 0.323 e. The highest BCUT2D eigenvalue weighted by Gasteiger charge is 2.47. The standard InChI is InChI=1S/C23H26O5/c1-23(15-20-13-8-14-26-20,21(24)27-16-18-9-4-2-5-10-18)22(25)28-17-19-11-6-3-7-12-19/h2-7,9-12,20H,8,13-17H2,1H3. The first-order chi connectivity index (χ1) is 13.6. The summed E-state index contributed by atoms with van der Waals surface area (Å²) in [5.41, 5.74) is 0.333. The molecular weight excluding hydrogens is 356 g/mol. The summed E-state index contributed by atoms with van der Waals surface area (Å²) in [4.78, 5) is 25.8. The van der Waals surface area contributed by atoms with Gasteiger partial charge in [0.05, 0.1) is 6.10 Å². The van der Waals surface area contributed by atoms with Crippen LogP contribution in [0.15, 0.2) is 60.7 Å². The summed E-state index contributed by atoms with van der Waals surface area (Å²) in [5, 5.41) is 0. The van der Waals surface area contributed by atoms with Crippen LogP contribution in [0.25, 0.3) is 0 Å². The van der Waals surface area contributed by atoms with Gasteiger partial charge in [0.1, 0.15) is 13.2 Å². The molecule has 1 fully saturated rings. The molecule has 1 unspecified atom stereocenters. The predicted molar refractivity (Wildman–Crippen MR) is 104 cm³/mol. The zero-order chi connectivity index (χ0) is 19.8. The summed E-state index contributed by atoms with van der Waals surface area (Å²) in [6, 6.07) is 18.8. The second-order valence-electron chi connectivity index (χ2n) is 7.29. The first-order valence-electron chi connectivity index (χ1n) is 9.62. The molecule has 1 aliphatic rings. The lowest BCUT2D eigenvalue weighted by Crippen LogP contribution is -2.42. The monoisotopic (exact) mass is 382 g/mol. The second kappa shape index (κ2) is 9.51. The minimum absolute atomic E-state index is 0.118. The van der Waals surface area contributed by atoms with Crippen LogP contribution in [0.3, 0.4) is 0 Å². The summed E-state index contributed by atoms with van der Waals surface area (Å²) in [6.45, 7) is 2.48. The topological polar surface area (TPSA) is 61.8 Å². The highest BCUT2D eigenvalue weighted by atomic mass is 16.6. The molecule has 0 N–H and O–H groups in total. The Hall–Kier alpha value is -2.66. The lowest BCUT2D eigenvalue weighted by Gasteiger charge is -2.27. The minimum Gasteiger partial charge on any atom is -0.460 e. The normalized spacial score (nSPS) is 16.5. The van der Waals surface area contributed by atoms with Crippen LogP contribution in [0, 0.1) is 5.41 Å². The van der Waals surface area contributed by atoms with Crippen molar-refractivity contribution in [1.82, 2.24) is 0 Å². The van der Waals surface area contributed by atoms with Gasteiger partial charge in [0.25, 0.3) is 0 Å². The number of benzene rings is 2. The Morgan fingerprint density at radius 1 is 0.929 bits per heavy atom. The quantitative estimate of drug-likeness (QED) is 0.509. The van der Waals surface area contributed by atoms with E-state index in [1.807, 2.05) is 60.7 Å². The van der Waals surface area contributed by atoms with E-state index in [2.05, 4.69) is 0 Å². The molecule has 148 valence electrons. The third kappa shape index (κ3) is 5.20. The molecule has 5 heteroatoms. The average Bonchev–Trinajstić information content (AvgIpc) is 3.24. The van der Waals surface area contributed by atoms with Crippen LogP contribution >= 0.6 is 0 Å². The Morgan fingerprint density at radius 2 is 1.43 bits per heavy atom. The largest absolute Gasteiger partial charge is 0.460 e. The molecule has 2 aromatic rings. The lowest BCUT2D eigenvalue weighted by atomic mass is 9.83. The number of carbonyl (C=O) groups excluding carboxylic acids is 2. The lowest BCUT2D eigenvalue weighted by molar-refractivity contribution is -0.175. The summed E-state index contributed by atoms with van der Waals surface area (Å²) < 4.78 is 16.6. The van der Waals surface area contributed by atoms with E-state index in [1.165, 1.54) is 0 Å². The minimum atomic E-state index is -1.40. The summed E-state index contributed by atoms with van der Waals surface area (Å²) >= 11 is 0. The SMILES string of the molecule is CC(CC1CCCO1)(C(=O)OCc1ccccc1)C(=O)OCc1ccccc1. The van der Waals surface area contributed by atoms with Crippen LogP contribution in [0.4, 0.5) is 0 Å². The fourth-order valence-corrected chi connectivity index (χ4v) is 3.28. The van der Waals surface area contributed by atoms with Crippen LogP contribution in [0.1, 0.15) is 37.3 Å². The number of hydrogen-bond donors (Lipinski definition) is 0. The Morgan fingerprint density at radius 3 is 1.86 bits per heavy atom. The molecule has 5 nitrogen and oxygen atoms in total. The van der Waals surface area contributed by atoms with Gasteiger partial charge in [0, 0.05) is 13.0 Å². The molecule has 0 aliphatic carbocycles. The molecule has 0 spiro atoms. The molecule has 0 amide bonds. The van der Waals surface area contributed by atoms with E-state index in [0.29, 0.717) is 6.61 Å². The third-order valence-corrected chi connectivity index (χ3v) is 4.99. The van der Waals surface area contributed by atoms with Crippen LogP contribution in [-0.2, 0) is 37.0 Å². The second-order valence-corrected chi connectivity index (χ2v) is 7.29. The van der Waals surface area contributed by atoms with E-state index < -0.39 is 17.4 Å². The molecule has 1 atom stereocenters. The average molecular weight is 382 g/mol. The van der Waals surface area contributed by atoms with E-state index in [-0.39, 0.29) is 25.7 Å². The summed E-state index contributed by atoms with van der Waals surface area (Å²) in [5.74, 6) is -1.16. The van der Waals surface area contributed by atoms with Gasteiger partial charge in [0.15, 0.2) is 5.41 Å². The number of carbonyl (C=O) groups is 2. The summed E-state index contributed by atoms with van der Waals surface area (Å²) in [7, 11) is 0. The van der Waals surface area contributed by atoms with Gasteiger partial charge in [-0.25, -0.2) is 0 Å². The first-order valence-corrected chi connectivity index (χ1v) is 9.62. The molecule has 1 aliphatic heterocycles. The van der Waals surface area contributed by atoms with Crippen molar-refractivity contribution in [3.05, 3.63) is 71.8 Å². The third-order valence-electron chi connectivity index (χ3n) is 4.99.